The molecular formula is C22H24N2O6S. The second-order valence-electron chi connectivity index (χ2n) is 8.23. The second-order valence-corrected chi connectivity index (χ2v) is 10.7. The van der Waals surface area contributed by atoms with Crippen LogP contribution in [0.25, 0.3) is 0 Å². The zero-order valence-electron chi connectivity index (χ0n) is 17.4. The van der Waals surface area contributed by atoms with E-state index < -0.39 is 20.5 Å². The number of hydrogen-bond acceptors (Lipinski definition) is 6. The van der Waals surface area contributed by atoms with Crippen LogP contribution in [0.5, 0.6) is 0 Å². The van der Waals surface area contributed by atoms with Crippen molar-refractivity contribution in [3.05, 3.63) is 34.9 Å². The molecule has 1 heterocycles. The minimum absolute atomic E-state index is 0.0280. The Hall–Kier alpha value is -2.85. The number of aliphatic hydroxyl groups is 1. The molecule has 1 aliphatic heterocycles. The maximum atomic E-state index is 12.7. The smallest absolute Gasteiger partial charge is 0.264 e. The van der Waals surface area contributed by atoms with Crippen LogP contribution in [0.3, 0.4) is 0 Å². The van der Waals surface area contributed by atoms with E-state index in [0.717, 1.165) is 24.7 Å². The van der Waals surface area contributed by atoms with E-state index in [9.17, 15) is 23.1 Å². The van der Waals surface area contributed by atoms with Gasteiger partial charge in [-0.3, -0.25) is 14.8 Å². The Morgan fingerprint density at radius 3 is 2.61 bits per heavy atom. The molecule has 9 heteroatoms. The fourth-order valence-electron chi connectivity index (χ4n) is 3.31. The second kappa shape index (κ2) is 8.35. The number of sulfone groups is 1. The number of hydroxylamine groups is 1. The van der Waals surface area contributed by atoms with Crippen LogP contribution in [0.15, 0.2) is 18.2 Å². The van der Waals surface area contributed by atoms with E-state index in [4.69, 9.17) is 5.21 Å². The molecule has 1 saturated carbocycles. The quantitative estimate of drug-likeness (QED) is 0.333. The largest absolute Gasteiger partial charge is 0.395 e. The highest BCUT2D eigenvalue weighted by Gasteiger charge is 2.44. The van der Waals surface area contributed by atoms with E-state index in [-0.39, 0.29) is 37.4 Å². The van der Waals surface area contributed by atoms with Crippen molar-refractivity contribution in [1.29, 1.82) is 0 Å². The molecule has 1 aliphatic carbocycles. The highest BCUT2D eigenvalue weighted by Crippen LogP contribution is 2.44. The molecule has 0 aromatic heterocycles. The van der Waals surface area contributed by atoms with Gasteiger partial charge in [-0.25, -0.2) is 13.9 Å². The van der Waals surface area contributed by atoms with E-state index in [2.05, 4.69) is 23.7 Å². The molecule has 3 rings (SSSR count). The van der Waals surface area contributed by atoms with Gasteiger partial charge in [0.15, 0.2) is 14.6 Å². The van der Waals surface area contributed by atoms with Crippen LogP contribution in [0.1, 0.15) is 47.7 Å². The topological polar surface area (TPSA) is 124 Å². The van der Waals surface area contributed by atoms with Crippen molar-refractivity contribution in [3.8, 4) is 23.7 Å². The predicted octanol–water partition coefficient (Wildman–Crippen LogP) is 0.469. The van der Waals surface area contributed by atoms with E-state index in [1.54, 1.807) is 18.2 Å². The molecule has 0 spiro atoms. The molecule has 31 heavy (non-hydrogen) atoms. The third-order valence-electron chi connectivity index (χ3n) is 6.00. The van der Waals surface area contributed by atoms with Crippen molar-refractivity contribution in [2.75, 3.05) is 19.4 Å². The number of benzene rings is 1. The number of hydrogen-bond donors (Lipinski definition) is 3. The first kappa shape index (κ1) is 22.8. The van der Waals surface area contributed by atoms with E-state index in [1.807, 2.05) is 0 Å². The molecule has 0 saturated heterocycles. The summed E-state index contributed by atoms with van der Waals surface area (Å²) in [5, 5.41) is 18.2. The Kier molecular flexibility index (Phi) is 6.15. The third kappa shape index (κ3) is 4.59. The molecule has 1 fully saturated rings. The number of carbonyl (C=O) groups is 2. The Bertz CT molecular complexity index is 1150. The Labute approximate surface area is 181 Å². The van der Waals surface area contributed by atoms with Crippen molar-refractivity contribution in [2.24, 2.45) is 5.41 Å². The number of rotatable bonds is 6. The summed E-state index contributed by atoms with van der Waals surface area (Å²) in [4.78, 5) is 26.1. The van der Waals surface area contributed by atoms with Crippen LogP contribution in [0.2, 0.25) is 0 Å². The van der Waals surface area contributed by atoms with Crippen LogP contribution in [0, 0.1) is 29.1 Å². The third-order valence-corrected chi connectivity index (χ3v) is 8.02. The fourth-order valence-corrected chi connectivity index (χ4v) is 4.16. The van der Waals surface area contributed by atoms with Crippen LogP contribution < -0.4 is 5.48 Å². The van der Waals surface area contributed by atoms with Crippen molar-refractivity contribution in [1.82, 2.24) is 10.4 Å². The summed E-state index contributed by atoms with van der Waals surface area (Å²) >= 11 is 0. The van der Waals surface area contributed by atoms with Gasteiger partial charge in [-0.05, 0) is 61.8 Å². The Morgan fingerprint density at radius 2 is 2.03 bits per heavy atom. The SMILES string of the molecule is C[C@@](CCN1Cc2cc(C#CC#CC3(CO)CC3)ccc2C1=O)(C(=O)NO)S(C)(=O)=O. The van der Waals surface area contributed by atoms with Crippen molar-refractivity contribution >= 4 is 21.7 Å². The van der Waals surface area contributed by atoms with Crippen LogP contribution in [-0.2, 0) is 21.2 Å². The van der Waals surface area contributed by atoms with Gasteiger partial charge in [-0.15, -0.1) is 0 Å². The van der Waals surface area contributed by atoms with Crippen molar-refractivity contribution in [2.45, 2.75) is 37.5 Å². The molecule has 1 aromatic rings. The van der Waals surface area contributed by atoms with E-state index in [0.29, 0.717) is 11.1 Å². The molecule has 3 N–H and O–H groups in total. The van der Waals surface area contributed by atoms with Gasteiger partial charge >= 0.3 is 0 Å². The zero-order chi connectivity index (χ0) is 22.9. The molecule has 1 atom stereocenters. The summed E-state index contributed by atoms with van der Waals surface area (Å²) < 4.78 is 22.3. The summed E-state index contributed by atoms with van der Waals surface area (Å²) in [6.45, 7) is 1.56. The molecule has 8 nitrogen and oxygen atoms in total. The van der Waals surface area contributed by atoms with Crippen molar-refractivity contribution < 1.29 is 28.3 Å². The number of aliphatic hydroxyl groups excluding tert-OH is 1. The van der Waals surface area contributed by atoms with Gasteiger partial charge in [-0.1, -0.05) is 11.8 Å². The fraction of sp³-hybridized carbons (Fsp3) is 0.455. The van der Waals surface area contributed by atoms with Crippen LogP contribution >= 0.6 is 0 Å². The maximum Gasteiger partial charge on any atom is 0.264 e. The summed E-state index contributed by atoms with van der Waals surface area (Å²) in [6.07, 6.45) is 2.52. The summed E-state index contributed by atoms with van der Waals surface area (Å²) in [5.74, 6) is 10.2. The predicted molar refractivity (Wildman–Crippen MR) is 112 cm³/mol. The average molecular weight is 445 g/mol. The summed E-state index contributed by atoms with van der Waals surface area (Å²) in [6, 6.07) is 5.17. The molecule has 0 bridgehead atoms. The number of carbonyl (C=O) groups excluding carboxylic acids is 2. The summed E-state index contributed by atoms with van der Waals surface area (Å²) in [5.41, 5.74) is 3.07. The number of fused-ring (bicyclic) bond motifs is 1. The van der Waals surface area contributed by atoms with Gasteiger partial charge < -0.3 is 10.0 Å². The molecule has 0 radical (unpaired) electrons. The number of nitrogens with zero attached hydrogens (tertiary/aromatic N) is 1. The molecule has 0 unspecified atom stereocenters. The summed E-state index contributed by atoms with van der Waals surface area (Å²) in [7, 11) is -3.84. The molecule has 2 aliphatic rings. The number of nitrogens with one attached hydrogen (secondary N) is 1. The lowest BCUT2D eigenvalue weighted by Crippen LogP contribution is -2.50. The monoisotopic (exact) mass is 444 g/mol. The average Bonchev–Trinajstić information content (AvgIpc) is 3.45. The Balaban J connectivity index is 1.71. The minimum atomic E-state index is -3.84. The van der Waals surface area contributed by atoms with Gasteiger partial charge in [0.1, 0.15) is 0 Å². The highest BCUT2D eigenvalue weighted by atomic mass is 32.2. The molecular weight excluding hydrogens is 420 g/mol. The maximum absolute atomic E-state index is 12.7. The minimum Gasteiger partial charge on any atom is -0.395 e. The van der Waals surface area contributed by atoms with Gasteiger partial charge in [0, 0.05) is 30.5 Å². The number of amides is 2. The molecule has 164 valence electrons. The van der Waals surface area contributed by atoms with Gasteiger partial charge in [0.25, 0.3) is 11.8 Å². The lowest BCUT2D eigenvalue weighted by Gasteiger charge is -2.27. The normalized spacial score (nSPS) is 18.1. The van der Waals surface area contributed by atoms with E-state index in [1.165, 1.54) is 17.3 Å². The highest BCUT2D eigenvalue weighted by molar-refractivity contribution is 7.92. The first-order valence-corrected chi connectivity index (χ1v) is 11.6. The van der Waals surface area contributed by atoms with Crippen LogP contribution in [-0.4, -0.2) is 59.6 Å². The molecule has 2 amide bonds. The van der Waals surface area contributed by atoms with Crippen LogP contribution in [0.4, 0.5) is 0 Å². The first-order valence-electron chi connectivity index (χ1n) is 9.76. The molecule has 1 aromatic carbocycles. The van der Waals surface area contributed by atoms with E-state index >= 15 is 0 Å². The zero-order valence-corrected chi connectivity index (χ0v) is 18.2. The van der Waals surface area contributed by atoms with Crippen molar-refractivity contribution in [3.63, 3.8) is 0 Å². The van der Waals surface area contributed by atoms with Gasteiger partial charge in [0.05, 0.1) is 12.0 Å². The van der Waals surface area contributed by atoms with Gasteiger partial charge in [0.2, 0.25) is 0 Å². The standard InChI is InChI=1S/C22H24N2O6S/c1-21(20(27)23-28,31(2,29)30)11-12-24-14-17-13-16(6-7-18(17)19(24)26)5-3-4-8-22(15-25)9-10-22/h6-7,13,25,28H,9-12,14-15H2,1-2H3,(H,23,27)/t21-/m1/s1. The lowest BCUT2D eigenvalue weighted by molar-refractivity contribution is -0.131. The first-order chi connectivity index (χ1) is 14.5. The Morgan fingerprint density at radius 1 is 1.32 bits per heavy atom. The lowest BCUT2D eigenvalue weighted by atomic mass is 10.1. The van der Waals surface area contributed by atoms with Gasteiger partial charge in [-0.2, -0.15) is 0 Å².